The standard InChI is InChI=1S/C57H74N6O10S2/c1-6-62-48-27-22-43-40-45(75(67,68)69)24-26-47(43)54(48)56(2,3)50(62)17-14-18-51-57(4,5)55-46-25-23-44(74-73-72-66)39-42(46)21-28-49(55)63(51)33-12-9-10-19-52(64)60-31-15-20-53(65)71-36-13-8-7-11-29-58-41-59-30-16-32-61-34-37-70-38-35-61/h14,17-18,21-28,39-40H,6-13,15-16,19-20,29-38H2,1-5H3,(H2-,60,64,66,67,68,69)/p+1. The molecule has 0 aliphatic carbocycles. The van der Waals surface area contributed by atoms with Crippen LogP contribution in [-0.2, 0) is 49.4 Å². The Kier molecular flexibility index (Phi) is 20.8. The zero-order valence-electron chi connectivity index (χ0n) is 44.3. The van der Waals surface area contributed by atoms with Crippen molar-refractivity contribution in [2.24, 2.45) is 9.98 Å². The van der Waals surface area contributed by atoms with Gasteiger partial charge in [-0.25, -0.2) is 15.2 Å². The number of aliphatic imine (C=N–C) groups is 2. The van der Waals surface area contributed by atoms with Gasteiger partial charge in [-0.3, -0.25) is 19.0 Å². The molecule has 3 aliphatic heterocycles. The summed E-state index contributed by atoms with van der Waals surface area (Å²) in [7, 11) is -4.35. The summed E-state index contributed by atoms with van der Waals surface area (Å²) in [6, 6.07) is 21.9. The molecule has 16 nitrogen and oxygen atoms in total. The van der Waals surface area contributed by atoms with Crippen LogP contribution >= 0.6 is 12.0 Å². The largest absolute Gasteiger partial charge is 0.466 e. The maximum absolute atomic E-state index is 12.8. The highest BCUT2D eigenvalue weighted by Crippen LogP contribution is 2.51. The molecule has 1 fully saturated rings. The number of unbranched alkanes of at least 4 members (excludes halogenated alkanes) is 5. The van der Waals surface area contributed by atoms with Crippen LogP contribution in [0.3, 0.4) is 0 Å². The summed E-state index contributed by atoms with van der Waals surface area (Å²) in [5.74, 6) is -0.258. The number of amides is 1. The third-order valence-electron chi connectivity index (χ3n) is 14.5. The molecule has 0 atom stereocenters. The zero-order chi connectivity index (χ0) is 53.4. The summed E-state index contributed by atoms with van der Waals surface area (Å²) in [5, 5.41) is 19.4. The number of anilines is 1. The first-order chi connectivity index (χ1) is 36.1. The maximum atomic E-state index is 12.8. The van der Waals surface area contributed by atoms with Crippen molar-refractivity contribution in [1.82, 2.24) is 10.2 Å². The number of allylic oxidation sites excluding steroid dienone is 4. The van der Waals surface area contributed by atoms with Gasteiger partial charge in [0.05, 0.1) is 54.7 Å². The van der Waals surface area contributed by atoms with E-state index in [9.17, 15) is 22.6 Å². The summed E-state index contributed by atoms with van der Waals surface area (Å²) >= 11 is 0.927. The topological polar surface area (TPSA) is 192 Å². The van der Waals surface area contributed by atoms with E-state index in [1.54, 1.807) is 6.07 Å². The number of nitrogens with zero attached hydrogens (tertiary/aromatic N) is 5. The zero-order valence-corrected chi connectivity index (χ0v) is 45.9. The molecule has 3 N–H and O–H groups in total. The van der Waals surface area contributed by atoms with E-state index < -0.39 is 20.9 Å². The Morgan fingerprint density at radius 2 is 1.57 bits per heavy atom. The molecule has 0 bridgehead atoms. The highest BCUT2D eigenvalue weighted by Gasteiger charge is 2.46. The van der Waals surface area contributed by atoms with Gasteiger partial charge in [-0.15, -0.1) is 4.33 Å². The molecule has 4 aromatic rings. The number of esters is 1. The number of ether oxygens (including phenoxy) is 2. The molecule has 3 aliphatic rings. The van der Waals surface area contributed by atoms with Crippen molar-refractivity contribution < 1.29 is 51.2 Å². The number of benzene rings is 4. The SMILES string of the molecule is CCN1/C(=C\C=C\C2=[N+](CCCCCC(=O)NCCCC(=O)OCCCCCCN=C=NCCCN3CCOCC3)c3ccc4cc(SOOO)ccc4c3C2(C)C)C(C)(C)c2c1ccc1cc(S(=O)(=O)O)ccc21. The molecule has 404 valence electrons. The van der Waals surface area contributed by atoms with Crippen molar-refractivity contribution >= 4 is 78.7 Å². The monoisotopic (exact) mass is 1070 g/mol. The van der Waals surface area contributed by atoms with Crippen LogP contribution in [0.1, 0.15) is 116 Å². The van der Waals surface area contributed by atoms with Crippen molar-refractivity contribution in [3.63, 3.8) is 0 Å². The van der Waals surface area contributed by atoms with E-state index in [1.165, 1.54) is 17.7 Å². The van der Waals surface area contributed by atoms with E-state index in [1.807, 2.05) is 24.3 Å². The fourth-order valence-corrected chi connectivity index (χ4v) is 11.7. The number of carbonyl (C=O) groups is 2. The van der Waals surface area contributed by atoms with Crippen molar-refractivity contribution in [3.05, 3.63) is 95.7 Å². The first-order valence-electron chi connectivity index (χ1n) is 26.5. The van der Waals surface area contributed by atoms with Gasteiger partial charge < -0.3 is 19.7 Å². The smallest absolute Gasteiger partial charge is 0.305 e. The predicted molar refractivity (Wildman–Crippen MR) is 296 cm³/mol. The number of likely N-dealkylation sites (N-methyl/N-ethyl adjacent to an activating group) is 1. The Morgan fingerprint density at radius 1 is 0.853 bits per heavy atom. The number of fused-ring (bicyclic) bond motifs is 6. The lowest BCUT2D eigenvalue weighted by Gasteiger charge is -2.26. The fourth-order valence-electron chi connectivity index (χ4n) is 10.8. The van der Waals surface area contributed by atoms with Crippen LogP contribution < -0.4 is 10.2 Å². The second-order valence-corrected chi connectivity index (χ2v) is 22.6. The molecule has 0 saturated carbocycles. The van der Waals surface area contributed by atoms with E-state index >= 15 is 0 Å². The Balaban J connectivity index is 0.896. The molecule has 0 unspecified atom stereocenters. The van der Waals surface area contributed by atoms with Crippen LogP contribution in [-0.4, -0.2) is 123 Å². The first kappa shape index (κ1) is 57.4. The quantitative estimate of drug-likeness (QED) is 0.00712. The highest BCUT2D eigenvalue weighted by atomic mass is 32.2. The highest BCUT2D eigenvalue weighted by molar-refractivity contribution is 7.94. The number of carbonyl (C=O) groups excluding carboxylic acids is 2. The molecule has 0 radical (unpaired) electrons. The van der Waals surface area contributed by atoms with Gasteiger partial charge in [0, 0.05) is 97.9 Å². The van der Waals surface area contributed by atoms with Crippen molar-refractivity contribution in [2.75, 3.05) is 77.1 Å². The van der Waals surface area contributed by atoms with Gasteiger partial charge in [-0.1, -0.05) is 49.6 Å². The lowest BCUT2D eigenvalue weighted by molar-refractivity contribution is -0.438. The Hall–Kier alpha value is -5.27. The second kappa shape index (κ2) is 27.2. The molecule has 1 amide bonds. The van der Waals surface area contributed by atoms with Crippen molar-refractivity contribution in [1.29, 1.82) is 0 Å². The second-order valence-electron chi connectivity index (χ2n) is 20.4. The van der Waals surface area contributed by atoms with Gasteiger partial charge in [0.25, 0.3) is 10.1 Å². The fraction of sp³-hybridized carbons (Fsp3) is 0.509. The van der Waals surface area contributed by atoms with Gasteiger partial charge in [-0.2, -0.15) is 13.0 Å². The van der Waals surface area contributed by atoms with Crippen LogP contribution in [0.2, 0.25) is 0 Å². The van der Waals surface area contributed by atoms with Crippen LogP contribution in [0, 0.1) is 0 Å². The van der Waals surface area contributed by atoms with Crippen molar-refractivity contribution in [3.8, 4) is 0 Å². The average Bonchev–Trinajstić information content (AvgIpc) is 3.81. The van der Waals surface area contributed by atoms with E-state index in [4.69, 9.17) is 19.1 Å². The molecule has 0 spiro atoms. The third kappa shape index (κ3) is 14.8. The molecule has 75 heavy (non-hydrogen) atoms. The molecule has 7 rings (SSSR count). The third-order valence-corrected chi connectivity index (χ3v) is 15.9. The minimum atomic E-state index is -4.35. The predicted octanol–water partition coefficient (Wildman–Crippen LogP) is 10.8. The molecule has 1 saturated heterocycles. The van der Waals surface area contributed by atoms with E-state index in [2.05, 4.69) is 112 Å². The Morgan fingerprint density at radius 3 is 2.35 bits per heavy atom. The van der Waals surface area contributed by atoms with Gasteiger partial charge in [0.15, 0.2) is 5.71 Å². The van der Waals surface area contributed by atoms with Crippen LogP contribution in [0.5, 0.6) is 0 Å². The minimum absolute atomic E-state index is 0.0208. The van der Waals surface area contributed by atoms with Gasteiger partial charge >= 0.3 is 5.97 Å². The van der Waals surface area contributed by atoms with E-state index in [-0.39, 0.29) is 23.2 Å². The lowest BCUT2D eigenvalue weighted by Crippen LogP contribution is -2.37. The van der Waals surface area contributed by atoms with E-state index in [0.717, 1.165) is 171 Å². The first-order valence-corrected chi connectivity index (χ1v) is 28.7. The van der Waals surface area contributed by atoms with E-state index in [0.29, 0.717) is 32.5 Å². The lowest BCUT2D eigenvalue weighted by atomic mass is 9.79. The van der Waals surface area contributed by atoms with Crippen LogP contribution in [0.4, 0.5) is 11.4 Å². The average molecular weight is 1070 g/mol. The number of nitrogens with one attached hydrogen (secondary N) is 1. The molecule has 4 aromatic carbocycles. The molecule has 0 aromatic heterocycles. The number of hydrogen-bond acceptors (Lipinski definition) is 14. The summed E-state index contributed by atoms with van der Waals surface area (Å²) in [5.41, 5.74) is 5.91. The number of hydrogen-bond donors (Lipinski definition) is 3. The molecule has 3 heterocycles. The maximum Gasteiger partial charge on any atom is 0.305 e. The summed E-state index contributed by atoms with van der Waals surface area (Å²) < 4.78 is 51.7. The number of rotatable bonds is 28. The van der Waals surface area contributed by atoms with Gasteiger partial charge in [-0.05, 0) is 135 Å². The Labute approximate surface area is 446 Å². The molecule has 18 heteroatoms. The Bertz CT molecular complexity index is 2920. The summed E-state index contributed by atoms with van der Waals surface area (Å²) in [6.07, 6.45) is 14.9. The minimum Gasteiger partial charge on any atom is -0.466 e. The molecular formula is C57H75N6O10S2+. The number of morpholine rings is 1. The van der Waals surface area contributed by atoms with Crippen LogP contribution in [0.15, 0.2) is 104 Å². The summed E-state index contributed by atoms with van der Waals surface area (Å²) in [6.45, 7) is 19.4. The molecular weight excluding hydrogens is 993 g/mol. The van der Waals surface area contributed by atoms with Gasteiger partial charge in [0.2, 0.25) is 11.6 Å². The summed E-state index contributed by atoms with van der Waals surface area (Å²) in [4.78, 5) is 39.0. The van der Waals surface area contributed by atoms with Gasteiger partial charge in [0.1, 0.15) is 6.54 Å². The normalized spacial score (nSPS) is 16.7. The van der Waals surface area contributed by atoms with Crippen molar-refractivity contribution in [2.45, 2.75) is 126 Å². The van der Waals surface area contributed by atoms with Crippen LogP contribution in [0.25, 0.3) is 21.5 Å².